The third kappa shape index (κ3) is 4.69. The maximum atomic E-state index is 11.5. The Morgan fingerprint density at radius 1 is 1.08 bits per heavy atom. The van der Waals surface area contributed by atoms with Gasteiger partial charge >= 0.3 is 0 Å². The molecule has 2 aliphatic carbocycles. The van der Waals surface area contributed by atoms with Crippen LogP contribution in [-0.2, 0) is 11.4 Å². The lowest BCUT2D eigenvalue weighted by atomic mass is 10.3. The first-order chi connectivity index (χ1) is 12.3. The zero-order chi connectivity index (χ0) is 17.1. The number of hydrogen-bond acceptors (Lipinski definition) is 6. The van der Waals surface area contributed by atoms with E-state index in [0.29, 0.717) is 25.7 Å². The van der Waals surface area contributed by atoms with Crippen LogP contribution in [0, 0.1) is 5.92 Å². The molecule has 0 aliphatic heterocycles. The summed E-state index contributed by atoms with van der Waals surface area (Å²) in [7, 11) is 0. The second-order valence-corrected chi connectivity index (χ2v) is 7.58. The van der Waals surface area contributed by atoms with Crippen molar-refractivity contribution < 1.29 is 14.3 Å². The molecule has 0 atom stereocenters. The summed E-state index contributed by atoms with van der Waals surface area (Å²) in [6.45, 7) is 1.44. The van der Waals surface area contributed by atoms with Crippen LogP contribution in [0.25, 0.3) is 0 Å². The molecular weight excluding hydrogens is 338 g/mol. The summed E-state index contributed by atoms with van der Waals surface area (Å²) in [5.41, 5.74) is 0. The number of nitrogens with zero attached hydrogens (tertiary/aromatic N) is 2. The Hall–Kier alpha value is -2.15. The zero-order valence-corrected chi connectivity index (χ0v) is 14.8. The predicted octanol–water partition coefficient (Wildman–Crippen LogP) is 2.90. The number of benzene rings is 1. The number of aromatic nitrogens is 2. The van der Waals surface area contributed by atoms with Crippen molar-refractivity contribution in [2.24, 2.45) is 5.92 Å². The van der Waals surface area contributed by atoms with Gasteiger partial charge < -0.3 is 14.8 Å². The molecule has 4 rings (SSSR count). The first kappa shape index (κ1) is 16.3. The van der Waals surface area contributed by atoms with E-state index in [9.17, 15) is 4.79 Å². The van der Waals surface area contributed by atoms with Crippen LogP contribution < -0.4 is 14.8 Å². The minimum absolute atomic E-state index is 0.147. The third-order valence-corrected chi connectivity index (χ3v) is 5.27. The molecule has 2 aromatic rings. The Morgan fingerprint density at radius 3 is 2.48 bits per heavy atom. The van der Waals surface area contributed by atoms with Crippen molar-refractivity contribution in [3.8, 4) is 11.5 Å². The minimum Gasteiger partial charge on any atom is -0.492 e. The largest absolute Gasteiger partial charge is 0.492 e. The molecule has 1 aromatic carbocycles. The van der Waals surface area contributed by atoms with E-state index in [0.717, 1.165) is 34.4 Å². The Kier molecular flexibility index (Phi) is 4.83. The van der Waals surface area contributed by atoms with Crippen LogP contribution in [0.2, 0.25) is 0 Å². The predicted molar refractivity (Wildman–Crippen MR) is 93.9 cm³/mol. The molecule has 0 bridgehead atoms. The van der Waals surface area contributed by atoms with Gasteiger partial charge in [-0.3, -0.25) is 4.79 Å². The summed E-state index contributed by atoms with van der Waals surface area (Å²) in [5.74, 6) is 2.56. The normalized spacial score (nSPS) is 16.5. The molecule has 1 amide bonds. The molecule has 25 heavy (non-hydrogen) atoms. The summed E-state index contributed by atoms with van der Waals surface area (Å²) < 4.78 is 11.4. The smallest absolute Gasteiger partial charge is 0.223 e. The number of carbonyl (C=O) groups excluding carboxylic acids is 1. The van der Waals surface area contributed by atoms with Crippen LogP contribution in [0.5, 0.6) is 11.5 Å². The molecule has 132 valence electrons. The van der Waals surface area contributed by atoms with E-state index in [1.165, 1.54) is 12.8 Å². The molecule has 6 nitrogen and oxygen atoms in total. The van der Waals surface area contributed by atoms with Crippen molar-refractivity contribution in [2.75, 3.05) is 13.2 Å². The van der Waals surface area contributed by atoms with Crippen LogP contribution in [0.15, 0.2) is 24.3 Å². The average Bonchev–Trinajstić information content (AvgIpc) is 3.56. The SMILES string of the molecule is O=C(NCCOc1ccc(OCc2nnc(C3CC3)s2)cc1)C1CC1. The highest BCUT2D eigenvalue weighted by atomic mass is 32.1. The van der Waals surface area contributed by atoms with E-state index in [-0.39, 0.29) is 11.8 Å². The lowest BCUT2D eigenvalue weighted by Crippen LogP contribution is -2.29. The molecule has 2 saturated carbocycles. The molecule has 0 unspecified atom stereocenters. The number of nitrogens with one attached hydrogen (secondary N) is 1. The Morgan fingerprint density at radius 2 is 1.80 bits per heavy atom. The topological polar surface area (TPSA) is 73.3 Å². The molecule has 7 heteroatoms. The number of ether oxygens (including phenoxy) is 2. The van der Waals surface area contributed by atoms with Gasteiger partial charge in [0.2, 0.25) is 5.91 Å². The van der Waals surface area contributed by atoms with E-state index in [2.05, 4.69) is 15.5 Å². The first-order valence-electron chi connectivity index (χ1n) is 8.73. The highest BCUT2D eigenvalue weighted by molar-refractivity contribution is 7.11. The maximum Gasteiger partial charge on any atom is 0.223 e. The van der Waals surface area contributed by atoms with Crippen molar-refractivity contribution in [3.63, 3.8) is 0 Å². The van der Waals surface area contributed by atoms with Crippen LogP contribution >= 0.6 is 11.3 Å². The fourth-order valence-corrected chi connectivity index (χ4v) is 3.36. The quantitative estimate of drug-likeness (QED) is 0.697. The number of amides is 1. The van der Waals surface area contributed by atoms with Crippen molar-refractivity contribution in [1.29, 1.82) is 0 Å². The van der Waals surface area contributed by atoms with Gasteiger partial charge in [-0.2, -0.15) is 0 Å². The van der Waals surface area contributed by atoms with Gasteiger partial charge in [0.25, 0.3) is 0 Å². The van der Waals surface area contributed by atoms with Crippen LogP contribution in [-0.4, -0.2) is 29.3 Å². The molecule has 2 aliphatic rings. The van der Waals surface area contributed by atoms with E-state index < -0.39 is 0 Å². The van der Waals surface area contributed by atoms with Gasteiger partial charge in [-0.25, -0.2) is 0 Å². The van der Waals surface area contributed by atoms with E-state index in [4.69, 9.17) is 9.47 Å². The van der Waals surface area contributed by atoms with Crippen LogP contribution in [0.3, 0.4) is 0 Å². The molecule has 0 radical (unpaired) electrons. The summed E-state index contributed by atoms with van der Waals surface area (Å²) in [5, 5.41) is 13.3. The van der Waals surface area contributed by atoms with Crippen molar-refractivity contribution in [2.45, 2.75) is 38.2 Å². The van der Waals surface area contributed by atoms with Gasteiger partial charge in [-0.1, -0.05) is 11.3 Å². The van der Waals surface area contributed by atoms with E-state index in [1.54, 1.807) is 11.3 Å². The standard InChI is InChI=1S/C18H21N3O3S/c22-17(12-1-2-12)19-9-10-23-14-5-7-15(8-6-14)24-11-16-20-21-18(25-16)13-3-4-13/h5-8,12-13H,1-4,9-11H2,(H,19,22). The van der Waals surface area contributed by atoms with Gasteiger partial charge in [-0.15, -0.1) is 10.2 Å². The Bertz CT molecular complexity index is 723. The second-order valence-electron chi connectivity index (χ2n) is 6.48. The fourth-order valence-electron chi connectivity index (χ4n) is 2.43. The highest BCUT2D eigenvalue weighted by Crippen LogP contribution is 2.41. The average molecular weight is 359 g/mol. The van der Waals surface area contributed by atoms with Crippen molar-refractivity contribution in [3.05, 3.63) is 34.3 Å². The van der Waals surface area contributed by atoms with Crippen molar-refractivity contribution >= 4 is 17.2 Å². The minimum atomic E-state index is 0.147. The highest BCUT2D eigenvalue weighted by Gasteiger charge is 2.29. The second kappa shape index (κ2) is 7.39. The van der Waals surface area contributed by atoms with Gasteiger partial charge in [0, 0.05) is 11.8 Å². The summed E-state index contributed by atoms with van der Waals surface area (Å²) in [6.07, 6.45) is 4.52. The maximum absolute atomic E-state index is 11.5. The van der Waals surface area contributed by atoms with Gasteiger partial charge in [-0.05, 0) is 49.9 Å². The van der Waals surface area contributed by atoms with Gasteiger partial charge in [0.15, 0.2) is 5.01 Å². The van der Waals surface area contributed by atoms with Crippen LogP contribution in [0.4, 0.5) is 0 Å². The molecular formula is C18H21N3O3S. The summed E-state index contributed by atoms with van der Waals surface area (Å²) in [6, 6.07) is 7.49. The first-order valence-corrected chi connectivity index (χ1v) is 9.55. The fraction of sp³-hybridized carbons (Fsp3) is 0.500. The molecule has 1 N–H and O–H groups in total. The lowest BCUT2D eigenvalue weighted by Gasteiger charge is -2.08. The number of carbonyl (C=O) groups is 1. The van der Waals surface area contributed by atoms with Gasteiger partial charge in [0.1, 0.15) is 29.7 Å². The molecule has 1 aromatic heterocycles. The molecule has 0 saturated heterocycles. The lowest BCUT2D eigenvalue weighted by molar-refractivity contribution is -0.122. The Balaban J connectivity index is 1.17. The van der Waals surface area contributed by atoms with Crippen molar-refractivity contribution in [1.82, 2.24) is 15.5 Å². The molecule has 0 spiro atoms. The number of rotatable bonds is 9. The van der Waals surface area contributed by atoms with Crippen LogP contribution in [0.1, 0.15) is 41.6 Å². The summed E-state index contributed by atoms with van der Waals surface area (Å²) >= 11 is 1.64. The van der Waals surface area contributed by atoms with E-state index >= 15 is 0 Å². The third-order valence-electron chi connectivity index (χ3n) is 4.21. The van der Waals surface area contributed by atoms with Gasteiger partial charge in [0.05, 0.1) is 6.54 Å². The zero-order valence-electron chi connectivity index (χ0n) is 13.9. The summed E-state index contributed by atoms with van der Waals surface area (Å²) in [4.78, 5) is 11.5. The Labute approximate surface area is 150 Å². The molecule has 2 fully saturated rings. The van der Waals surface area contributed by atoms with E-state index in [1.807, 2.05) is 24.3 Å². The monoisotopic (exact) mass is 359 g/mol. The molecule has 1 heterocycles. The number of hydrogen-bond donors (Lipinski definition) is 1.